The summed E-state index contributed by atoms with van der Waals surface area (Å²) >= 11 is 0. The summed E-state index contributed by atoms with van der Waals surface area (Å²) in [5.74, 6) is 8.36. The van der Waals surface area contributed by atoms with Gasteiger partial charge in [-0.25, -0.2) is 4.31 Å². The second-order valence-corrected chi connectivity index (χ2v) is 15.5. The molecular formula is C28H48N2O3S. The molecule has 194 valence electrons. The van der Waals surface area contributed by atoms with Gasteiger partial charge in [0.1, 0.15) is 5.78 Å². The Morgan fingerprint density at radius 3 is 2.38 bits per heavy atom. The number of carbonyl (C=O) groups is 1. The fraction of sp³-hybridized carbons (Fsp3) is 0.929. The van der Waals surface area contributed by atoms with E-state index in [9.17, 15) is 14.1 Å². The van der Waals surface area contributed by atoms with E-state index in [1.54, 1.807) is 6.26 Å². The van der Waals surface area contributed by atoms with E-state index in [1.807, 2.05) is 4.31 Å². The minimum absolute atomic E-state index is 0.177. The average molecular weight is 493 g/mol. The summed E-state index contributed by atoms with van der Waals surface area (Å²) < 4.78 is 14.2. The molecule has 1 heterocycles. The van der Waals surface area contributed by atoms with Crippen molar-refractivity contribution in [3.63, 3.8) is 0 Å². The monoisotopic (exact) mass is 492 g/mol. The molecule has 5 rings (SSSR count). The molecule has 4 aliphatic carbocycles. The van der Waals surface area contributed by atoms with Crippen LogP contribution in [0.4, 0.5) is 0 Å². The van der Waals surface area contributed by atoms with Crippen molar-refractivity contribution in [3.05, 3.63) is 0 Å². The second-order valence-electron chi connectivity index (χ2n) is 13.1. The molecule has 5 nitrogen and oxygen atoms in total. The lowest BCUT2D eigenvalue weighted by atomic mass is 9.48. The standard InChI is InChI=1S/C28H48N2O3S/c1-5-28(32)13-11-21-20(18-28)6-7-23-22(21)10-12-27(2)24(23)8-9-25(27)26(31)19-29-14-16-30(17-15-29)34(3,4)33/h20-25,32H,3,5-19H2,1-2,4H3/t20-,21+,22-,23-,24+,25-,27+,28-,34?/m1/s1. The third-order valence-electron chi connectivity index (χ3n) is 11.4. The largest absolute Gasteiger partial charge is 0.390 e. The van der Waals surface area contributed by atoms with Crippen molar-refractivity contribution in [2.75, 3.05) is 39.0 Å². The highest BCUT2D eigenvalue weighted by Gasteiger charge is 2.58. The minimum Gasteiger partial charge on any atom is -0.390 e. The SMILES string of the molecule is C=S(C)(=O)N1CCN(CC(=O)[C@H]2CC[C@H]3[C@@H]4CC[C@@H]5C[C@@](O)(CC)CC[C@@H]5[C@H]4CC[C@]23C)CC1. The van der Waals surface area contributed by atoms with Gasteiger partial charge in [-0.2, -0.15) is 0 Å². The molecule has 0 radical (unpaired) electrons. The van der Waals surface area contributed by atoms with Gasteiger partial charge >= 0.3 is 0 Å². The van der Waals surface area contributed by atoms with Gasteiger partial charge in [-0.05, 0) is 105 Å². The van der Waals surface area contributed by atoms with Gasteiger partial charge in [-0.3, -0.25) is 13.9 Å². The van der Waals surface area contributed by atoms with E-state index in [4.69, 9.17) is 0 Å². The number of ketones is 1. The Hall–Kier alpha value is -0.430. The molecule has 0 aromatic carbocycles. The van der Waals surface area contributed by atoms with Gasteiger partial charge in [-0.1, -0.05) is 13.8 Å². The Balaban J connectivity index is 1.21. The van der Waals surface area contributed by atoms with Crippen LogP contribution in [0.5, 0.6) is 0 Å². The number of piperazine rings is 1. The van der Waals surface area contributed by atoms with E-state index in [1.165, 1.54) is 38.5 Å². The predicted octanol–water partition coefficient (Wildman–Crippen LogP) is 3.84. The van der Waals surface area contributed by atoms with Crippen molar-refractivity contribution in [2.45, 2.75) is 83.7 Å². The van der Waals surface area contributed by atoms with Crippen LogP contribution in [0.2, 0.25) is 0 Å². The maximum Gasteiger partial charge on any atom is 0.150 e. The molecule has 0 spiro atoms. The number of carbonyl (C=O) groups excluding carboxylic acids is 1. The van der Waals surface area contributed by atoms with Crippen LogP contribution in [0.3, 0.4) is 0 Å². The van der Waals surface area contributed by atoms with E-state index >= 15 is 0 Å². The number of aliphatic hydroxyl groups is 1. The minimum atomic E-state index is -2.14. The lowest BCUT2D eigenvalue weighted by molar-refractivity contribution is -0.134. The Morgan fingerprint density at radius 1 is 1.00 bits per heavy atom. The Bertz CT molecular complexity index is 882. The number of rotatable bonds is 5. The first-order valence-corrected chi connectivity index (χ1v) is 16.2. The molecule has 5 fully saturated rings. The first-order valence-electron chi connectivity index (χ1n) is 14.1. The van der Waals surface area contributed by atoms with Crippen LogP contribution in [0.25, 0.3) is 0 Å². The Morgan fingerprint density at radius 2 is 1.71 bits per heavy atom. The molecule has 34 heavy (non-hydrogen) atoms. The number of hydrogen-bond acceptors (Lipinski definition) is 4. The van der Waals surface area contributed by atoms with Crippen LogP contribution in [0.15, 0.2) is 0 Å². The number of fused-ring (bicyclic) bond motifs is 5. The van der Waals surface area contributed by atoms with Gasteiger partial charge in [0.2, 0.25) is 0 Å². The van der Waals surface area contributed by atoms with Crippen molar-refractivity contribution in [1.82, 2.24) is 9.21 Å². The van der Waals surface area contributed by atoms with E-state index in [0.29, 0.717) is 18.2 Å². The molecule has 0 aromatic rings. The third-order valence-corrected chi connectivity index (χ3v) is 12.9. The Kier molecular flexibility index (Phi) is 6.79. The maximum absolute atomic E-state index is 13.6. The highest BCUT2D eigenvalue weighted by atomic mass is 32.2. The maximum atomic E-state index is 13.6. The zero-order valence-electron chi connectivity index (χ0n) is 21.8. The summed E-state index contributed by atoms with van der Waals surface area (Å²) in [4.78, 5) is 15.9. The van der Waals surface area contributed by atoms with Gasteiger partial charge in [0.25, 0.3) is 0 Å². The number of nitrogens with zero attached hydrogens (tertiary/aromatic N) is 2. The number of hydrogen-bond donors (Lipinski definition) is 1. The second kappa shape index (κ2) is 9.15. The lowest BCUT2D eigenvalue weighted by Crippen LogP contribution is -2.53. The van der Waals surface area contributed by atoms with E-state index in [2.05, 4.69) is 24.6 Å². The molecule has 6 heteroatoms. The van der Waals surface area contributed by atoms with Gasteiger partial charge in [0.05, 0.1) is 12.1 Å². The molecule has 1 saturated heterocycles. The predicted molar refractivity (Wildman–Crippen MR) is 140 cm³/mol. The summed E-state index contributed by atoms with van der Waals surface area (Å²) in [6.07, 6.45) is 13.3. The average Bonchev–Trinajstić information content (AvgIpc) is 3.16. The van der Waals surface area contributed by atoms with Crippen LogP contribution in [-0.4, -0.2) is 74.8 Å². The molecular weight excluding hydrogens is 444 g/mol. The molecule has 0 amide bonds. The molecule has 1 unspecified atom stereocenters. The van der Waals surface area contributed by atoms with Crippen LogP contribution >= 0.6 is 0 Å². The van der Waals surface area contributed by atoms with Crippen molar-refractivity contribution < 1.29 is 14.1 Å². The molecule has 5 aliphatic rings. The molecule has 9 atom stereocenters. The molecule has 1 aliphatic heterocycles. The van der Waals surface area contributed by atoms with Crippen molar-refractivity contribution in [3.8, 4) is 0 Å². The van der Waals surface area contributed by atoms with Crippen LogP contribution in [0, 0.1) is 40.9 Å². The highest BCUT2D eigenvalue weighted by molar-refractivity contribution is 7.97. The van der Waals surface area contributed by atoms with E-state index < -0.39 is 15.3 Å². The smallest absolute Gasteiger partial charge is 0.150 e. The normalized spacial score (nSPS) is 47.3. The first-order chi connectivity index (χ1) is 16.0. The summed E-state index contributed by atoms with van der Waals surface area (Å²) in [7, 11) is -2.14. The van der Waals surface area contributed by atoms with Gasteiger partial charge < -0.3 is 5.11 Å². The van der Waals surface area contributed by atoms with E-state index in [0.717, 1.165) is 75.5 Å². The summed E-state index contributed by atoms with van der Waals surface area (Å²) in [6, 6.07) is 0. The van der Waals surface area contributed by atoms with Crippen molar-refractivity contribution in [1.29, 1.82) is 0 Å². The summed E-state index contributed by atoms with van der Waals surface area (Å²) in [5.41, 5.74) is -0.231. The van der Waals surface area contributed by atoms with Crippen molar-refractivity contribution in [2.24, 2.45) is 40.9 Å². The van der Waals surface area contributed by atoms with Crippen LogP contribution < -0.4 is 0 Å². The first kappa shape index (κ1) is 25.2. The highest BCUT2D eigenvalue weighted by Crippen LogP contribution is 2.64. The topological polar surface area (TPSA) is 60.9 Å². The summed E-state index contributed by atoms with van der Waals surface area (Å²) in [6.45, 7) is 8.30. The third kappa shape index (κ3) is 4.43. The quantitative estimate of drug-likeness (QED) is 0.593. The van der Waals surface area contributed by atoms with Crippen LogP contribution in [0.1, 0.15) is 78.1 Å². The number of Topliss-reactive ketones (excluding diaryl/α,β-unsaturated/α-hetero) is 1. The zero-order chi connectivity index (χ0) is 24.3. The Labute approximate surface area is 208 Å². The zero-order valence-corrected chi connectivity index (χ0v) is 22.7. The molecule has 1 N–H and O–H groups in total. The van der Waals surface area contributed by atoms with Crippen LogP contribution in [-0.2, 0) is 14.5 Å². The molecule has 0 aromatic heterocycles. The molecule has 0 bridgehead atoms. The fourth-order valence-corrected chi connectivity index (χ4v) is 10.4. The van der Waals surface area contributed by atoms with Gasteiger partial charge in [0, 0.05) is 48.1 Å². The molecule has 4 saturated carbocycles. The van der Waals surface area contributed by atoms with Gasteiger partial charge in [0.15, 0.2) is 0 Å². The fourth-order valence-electron chi connectivity index (χ4n) is 9.42. The lowest BCUT2D eigenvalue weighted by Gasteiger charge is -2.57. The summed E-state index contributed by atoms with van der Waals surface area (Å²) in [5, 5.41) is 10.9. The van der Waals surface area contributed by atoms with Gasteiger partial charge in [-0.15, -0.1) is 0 Å². The van der Waals surface area contributed by atoms with E-state index in [-0.39, 0.29) is 11.3 Å². The van der Waals surface area contributed by atoms with Crippen molar-refractivity contribution >= 4 is 21.4 Å².